The zero-order valence-electron chi connectivity index (χ0n) is 18.7. The molecular formula is C24H25ClF4N4O2. The number of hydrogen-bond acceptors (Lipinski definition) is 4. The molecule has 35 heavy (non-hydrogen) atoms. The van der Waals surface area contributed by atoms with Gasteiger partial charge < -0.3 is 20.9 Å². The quantitative estimate of drug-likeness (QED) is 0.543. The molecule has 2 aliphatic rings. The first-order valence-corrected chi connectivity index (χ1v) is 11.6. The van der Waals surface area contributed by atoms with Gasteiger partial charge in [0, 0.05) is 44.4 Å². The molecular weight excluding hydrogens is 488 g/mol. The number of halogens is 5. The van der Waals surface area contributed by atoms with Crippen LogP contribution in [0.3, 0.4) is 0 Å². The van der Waals surface area contributed by atoms with E-state index in [1.807, 2.05) is 0 Å². The van der Waals surface area contributed by atoms with Gasteiger partial charge in [-0.2, -0.15) is 13.2 Å². The summed E-state index contributed by atoms with van der Waals surface area (Å²) < 4.78 is 53.6. The number of primary amides is 1. The summed E-state index contributed by atoms with van der Waals surface area (Å²) in [6, 6.07) is 9.68. The first-order chi connectivity index (χ1) is 16.5. The van der Waals surface area contributed by atoms with E-state index in [4.69, 9.17) is 17.3 Å². The van der Waals surface area contributed by atoms with Crippen LogP contribution in [-0.2, 0) is 16.1 Å². The van der Waals surface area contributed by atoms with Crippen molar-refractivity contribution in [2.75, 3.05) is 29.9 Å². The Labute approximate surface area is 205 Å². The monoisotopic (exact) mass is 512 g/mol. The summed E-state index contributed by atoms with van der Waals surface area (Å²) in [5, 5.41) is 3.20. The molecule has 0 aromatic heterocycles. The van der Waals surface area contributed by atoms with E-state index < -0.39 is 29.7 Å². The van der Waals surface area contributed by atoms with Gasteiger partial charge in [0.25, 0.3) is 0 Å². The van der Waals surface area contributed by atoms with Gasteiger partial charge >= 0.3 is 6.18 Å². The van der Waals surface area contributed by atoms with Crippen molar-refractivity contribution in [2.45, 2.75) is 32.0 Å². The molecule has 0 saturated carbocycles. The average Bonchev–Trinajstić information content (AvgIpc) is 3.17. The first-order valence-electron chi connectivity index (χ1n) is 11.2. The molecule has 2 amide bonds. The number of carbonyl (C=O) groups excluding carboxylic acids is 2. The van der Waals surface area contributed by atoms with E-state index >= 15 is 0 Å². The standard InChI is InChI=1S/C24H25ClF4N4O2/c25-18-10-20(19(26)11-21(18)32-7-5-16(6-8-32)24(27,28)29)31-17-3-1-14(2-4-17)12-33-13-15(23(30)35)9-22(33)34/h1-4,10-11,15-16,31H,5-9,12-13H2,(H2,30,35). The summed E-state index contributed by atoms with van der Waals surface area (Å²) in [6.07, 6.45) is -4.22. The maximum absolute atomic E-state index is 14.8. The van der Waals surface area contributed by atoms with Crippen LogP contribution in [0.5, 0.6) is 0 Å². The fourth-order valence-corrected chi connectivity index (χ4v) is 4.79. The number of alkyl halides is 3. The summed E-state index contributed by atoms with van der Waals surface area (Å²) in [5.41, 5.74) is 7.23. The number of piperidine rings is 1. The van der Waals surface area contributed by atoms with E-state index in [-0.39, 0.29) is 55.5 Å². The van der Waals surface area contributed by atoms with E-state index in [0.29, 0.717) is 17.9 Å². The molecule has 1 unspecified atom stereocenters. The number of likely N-dealkylation sites (tertiary alicyclic amines) is 1. The van der Waals surface area contributed by atoms with Crippen molar-refractivity contribution in [3.05, 3.63) is 52.8 Å². The van der Waals surface area contributed by atoms with E-state index in [1.54, 1.807) is 34.1 Å². The van der Waals surface area contributed by atoms with Crippen LogP contribution in [0.1, 0.15) is 24.8 Å². The summed E-state index contributed by atoms with van der Waals surface area (Å²) in [4.78, 5) is 26.6. The van der Waals surface area contributed by atoms with Crippen LogP contribution >= 0.6 is 11.6 Å². The SMILES string of the molecule is NC(=O)C1CC(=O)N(Cc2ccc(Nc3cc(Cl)c(N4CCC(C(F)(F)F)CC4)cc3F)cc2)C1. The third-order valence-corrected chi connectivity index (χ3v) is 6.86. The number of hydrogen-bond donors (Lipinski definition) is 2. The number of anilines is 3. The van der Waals surface area contributed by atoms with Gasteiger partial charge in [0.15, 0.2) is 0 Å². The molecule has 6 nitrogen and oxygen atoms in total. The molecule has 2 fully saturated rings. The maximum atomic E-state index is 14.8. The summed E-state index contributed by atoms with van der Waals surface area (Å²) in [7, 11) is 0. The Balaban J connectivity index is 1.39. The smallest absolute Gasteiger partial charge is 0.370 e. The van der Waals surface area contributed by atoms with Crippen LogP contribution in [0.15, 0.2) is 36.4 Å². The van der Waals surface area contributed by atoms with E-state index in [2.05, 4.69) is 5.32 Å². The third-order valence-electron chi connectivity index (χ3n) is 6.56. The lowest BCUT2D eigenvalue weighted by Gasteiger charge is -2.35. The minimum absolute atomic E-state index is 0.0555. The molecule has 0 radical (unpaired) electrons. The molecule has 4 rings (SSSR count). The second-order valence-electron chi connectivity index (χ2n) is 8.99. The van der Waals surface area contributed by atoms with Crippen molar-refractivity contribution in [2.24, 2.45) is 17.6 Å². The molecule has 2 heterocycles. The van der Waals surface area contributed by atoms with Gasteiger partial charge in [-0.1, -0.05) is 23.7 Å². The summed E-state index contributed by atoms with van der Waals surface area (Å²) >= 11 is 6.35. The largest absolute Gasteiger partial charge is 0.391 e. The Kier molecular flexibility index (Phi) is 7.12. The normalized spacial score (nSPS) is 19.3. The predicted octanol–water partition coefficient (Wildman–Crippen LogP) is 4.84. The molecule has 1 atom stereocenters. The minimum Gasteiger partial charge on any atom is -0.370 e. The molecule has 0 aliphatic carbocycles. The number of nitrogens with two attached hydrogens (primary N) is 1. The van der Waals surface area contributed by atoms with Crippen LogP contribution in [-0.4, -0.2) is 42.5 Å². The lowest BCUT2D eigenvalue weighted by molar-refractivity contribution is -0.179. The van der Waals surface area contributed by atoms with Gasteiger partial charge in [0.05, 0.1) is 28.2 Å². The van der Waals surface area contributed by atoms with E-state index in [0.717, 1.165) is 5.56 Å². The third kappa shape index (κ3) is 5.80. The number of amides is 2. The topological polar surface area (TPSA) is 78.7 Å². The molecule has 2 aliphatic heterocycles. The average molecular weight is 513 g/mol. The summed E-state index contributed by atoms with van der Waals surface area (Å²) in [6.45, 7) is 0.926. The lowest BCUT2D eigenvalue weighted by atomic mass is 9.96. The highest BCUT2D eigenvalue weighted by atomic mass is 35.5. The Morgan fingerprint density at radius 1 is 1.14 bits per heavy atom. The fraction of sp³-hybridized carbons (Fsp3) is 0.417. The van der Waals surface area contributed by atoms with Crippen molar-refractivity contribution in [1.82, 2.24) is 4.90 Å². The van der Waals surface area contributed by atoms with Crippen LogP contribution in [0, 0.1) is 17.7 Å². The summed E-state index contributed by atoms with van der Waals surface area (Å²) in [5.74, 6) is -3.02. The highest BCUT2D eigenvalue weighted by molar-refractivity contribution is 6.33. The molecule has 2 aromatic carbocycles. The van der Waals surface area contributed by atoms with Crippen molar-refractivity contribution in [3.8, 4) is 0 Å². The molecule has 188 valence electrons. The Morgan fingerprint density at radius 2 is 1.80 bits per heavy atom. The Hall–Kier alpha value is -3.01. The first kappa shape index (κ1) is 25.1. The van der Waals surface area contributed by atoms with E-state index in [1.165, 1.54) is 12.1 Å². The molecule has 2 aromatic rings. The van der Waals surface area contributed by atoms with Crippen molar-refractivity contribution < 1.29 is 27.2 Å². The minimum atomic E-state index is -4.22. The van der Waals surface area contributed by atoms with Crippen LogP contribution in [0.2, 0.25) is 5.02 Å². The lowest BCUT2D eigenvalue weighted by Crippen LogP contribution is -2.39. The van der Waals surface area contributed by atoms with Gasteiger partial charge in [-0.25, -0.2) is 4.39 Å². The molecule has 11 heteroatoms. The fourth-order valence-electron chi connectivity index (χ4n) is 4.51. The maximum Gasteiger partial charge on any atom is 0.391 e. The van der Waals surface area contributed by atoms with E-state index in [9.17, 15) is 27.2 Å². The van der Waals surface area contributed by atoms with Crippen molar-refractivity contribution >= 4 is 40.5 Å². The molecule has 3 N–H and O–H groups in total. The van der Waals surface area contributed by atoms with Crippen LogP contribution in [0.25, 0.3) is 0 Å². The van der Waals surface area contributed by atoms with Gasteiger partial charge in [-0.05, 0) is 36.6 Å². The van der Waals surface area contributed by atoms with Gasteiger partial charge in [-0.3, -0.25) is 9.59 Å². The second kappa shape index (κ2) is 9.93. The zero-order valence-corrected chi connectivity index (χ0v) is 19.5. The highest BCUT2D eigenvalue weighted by Crippen LogP contribution is 2.38. The van der Waals surface area contributed by atoms with Crippen LogP contribution < -0.4 is 16.0 Å². The number of benzene rings is 2. The van der Waals surface area contributed by atoms with Crippen molar-refractivity contribution in [1.29, 1.82) is 0 Å². The Bertz CT molecular complexity index is 1100. The zero-order chi connectivity index (χ0) is 25.3. The highest BCUT2D eigenvalue weighted by Gasteiger charge is 2.41. The number of carbonyl (C=O) groups is 2. The molecule has 2 saturated heterocycles. The van der Waals surface area contributed by atoms with Gasteiger partial charge in [0.2, 0.25) is 11.8 Å². The van der Waals surface area contributed by atoms with Crippen LogP contribution in [0.4, 0.5) is 34.6 Å². The van der Waals surface area contributed by atoms with Crippen molar-refractivity contribution in [3.63, 3.8) is 0 Å². The number of nitrogens with zero attached hydrogens (tertiary/aromatic N) is 2. The molecule has 0 spiro atoms. The Morgan fingerprint density at radius 3 is 2.37 bits per heavy atom. The number of nitrogens with one attached hydrogen (secondary N) is 1. The molecule has 0 bridgehead atoms. The number of rotatable bonds is 6. The second-order valence-corrected chi connectivity index (χ2v) is 9.39. The van der Waals surface area contributed by atoms with Gasteiger partial charge in [0.1, 0.15) is 5.82 Å². The predicted molar refractivity (Wildman–Crippen MR) is 125 cm³/mol. The van der Waals surface area contributed by atoms with Gasteiger partial charge in [-0.15, -0.1) is 0 Å².